The summed E-state index contributed by atoms with van der Waals surface area (Å²) < 4.78 is 29.1. The number of rotatable bonds is 12. The van der Waals surface area contributed by atoms with Gasteiger partial charge in [0, 0.05) is 24.5 Å². The third-order valence-electron chi connectivity index (χ3n) is 7.15. The molecule has 0 spiro atoms. The smallest absolute Gasteiger partial charge is 0.264 e. The number of carbonyl (C=O) groups excluding carboxylic acids is 2. The zero-order valence-corrected chi connectivity index (χ0v) is 26.1. The van der Waals surface area contributed by atoms with Crippen LogP contribution in [0.15, 0.2) is 108 Å². The molecule has 224 valence electrons. The maximum absolute atomic E-state index is 14.4. The van der Waals surface area contributed by atoms with Crippen molar-refractivity contribution in [3.05, 3.63) is 130 Å². The summed E-state index contributed by atoms with van der Waals surface area (Å²) in [5, 5.41) is 3.24. The zero-order chi connectivity index (χ0) is 31.0. The molecule has 9 heteroatoms. The summed E-state index contributed by atoms with van der Waals surface area (Å²) in [7, 11) is -4.18. The fourth-order valence-corrected chi connectivity index (χ4v) is 6.32. The van der Waals surface area contributed by atoms with E-state index < -0.39 is 28.5 Å². The van der Waals surface area contributed by atoms with E-state index >= 15 is 0 Å². The Balaban J connectivity index is 1.80. The Bertz CT molecular complexity index is 1650. The van der Waals surface area contributed by atoms with Crippen molar-refractivity contribution in [3.8, 4) is 0 Å². The van der Waals surface area contributed by atoms with Crippen LogP contribution in [0.4, 0.5) is 5.69 Å². The van der Waals surface area contributed by atoms with E-state index in [-0.39, 0.29) is 29.5 Å². The summed E-state index contributed by atoms with van der Waals surface area (Å²) in [5.41, 5.74) is 3.77. The van der Waals surface area contributed by atoms with Gasteiger partial charge in [0.25, 0.3) is 10.0 Å². The summed E-state index contributed by atoms with van der Waals surface area (Å²) in [5.74, 6) is -0.841. The maximum Gasteiger partial charge on any atom is 0.264 e. The Labute approximate surface area is 259 Å². The first kappa shape index (κ1) is 31.8. The van der Waals surface area contributed by atoms with Crippen LogP contribution < -0.4 is 9.62 Å². The molecule has 43 heavy (non-hydrogen) atoms. The highest BCUT2D eigenvalue weighted by Gasteiger charge is 2.34. The van der Waals surface area contributed by atoms with Crippen molar-refractivity contribution in [2.75, 3.05) is 17.4 Å². The van der Waals surface area contributed by atoms with E-state index in [0.29, 0.717) is 11.6 Å². The number of hydrogen-bond donors (Lipinski definition) is 1. The Morgan fingerprint density at radius 2 is 1.47 bits per heavy atom. The Morgan fingerprint density at radius 3 is 2.07 bits per heavy atom. The SMILES string of the molecule is CCNC(=O)[C@H](Cc1ccccc1)N(Cc1ccc(C)cc1)C(=O)CN(c1ccc(C)c(Cl)c1)S(=O)(=O)c1ccccc1. The topological polar surface area (TPSA) is 86.8 Å². The van der Waals surface area contributed by atoms with Gasteiger partial charge in [-0.1, -0.05) is 96.0 Å². The molecule has 0 radical (unpaired) electrons. The minimum Gasteiger partial charge on any atom is -0.355 e. The molecular weight excluding hydrogens is 582 g/mol. The van der Waals surface area contributed by atoms with E-state index in [4.69, 9.17) is 11.6 Å². The number of benzene rings is 4. The predicted molar refractivity (Wildman–Crippen MR) is 172 cm³/mol. The lowest BCUT2D eigenvalue weighted by Crippen LogP contribution is -2.53. The highest BCUT2D eigenvalue weighted by molar-refractivity contribution is 7.92. The molecule has 0 saturated carbocycles. The zero-order valence-electron chi connectivity index (χ0n) is 24.5. The second-order valence-electron chi connectivity index (χ2n) is 10.4. The third kappa shape index (κ3) is 8.03. The molecule has 0 aliphatic carbocycles. The number of carbonyl (C=O) groups is 2. The highest BCUT2D eigenvalue weighted by Crippen LogP contribution is 2.29. The highest BCUT2D eigenvalue weighted by atomic mass is 35.5. The van der Waals surface area contributed by atoms with Crippen LogP contribution in [0.2, 0.25) is 5.02 Å². The molecule has 1 atom stereocenters. The molecule has 4 rings (SSSR count). The van der Waals surface area contributed by atoms with Gasteiger partial charge in [0.2, 0.25) is 11.8 Å². The number of hydrogen-bond acceptors (Lipinski definition) is 4. The number of anilines is 1. The Morgan fingerprint density at radius 1 is 0.837 bits per heavy atom. The Kier molecular flexibility index (Phi) is 10.6. The summed E-state index contributed by atoms with van der Waals surface area (Å²) in [6.45, 7) is 5.57. The molecule has 0 fully saturated rings. The van der Waals surface area contributed by atoms with Crippen molar-refractivity contribution in [3.63, 3.8) is 0 Å². The number of nitrogens with one attached hydrogen (secondary N) is 1. The standard InChI is InChI=1S/C34H36ClN3O4S/c1-4-36-34(40)32(21-27-11-7-5-8-12-27)37(23-28-18-15-25(2)16-19-28)33(39)24-38(29-20-17-26(3)31(35)22-29)43(41,42)30-13-9-6-10-14-30/h5-20,22,32H,4,21,23-24H2,1-3H3,(H,36,40)/t32-/m0/s1. The van der Waals surface area contributed by atoms with Crippen LogP contribution in [0, 0.1) is 13.8 Å². The maximum atomic E-state index is 14.4. The summed E-state index contributed by atoms with van der Waals surface area (Å²) >= 11 is 6.42. The monoisotopic (exact) mass is 617 g/mol. The lowest BCUT2D eigenvalue weighted by atomic mass is 10.0. The molecule has 1 N–H and O–H groups in total. The molecule has 0 aliphatic heterocycles. The first-order valence-electron chi connectivity index (χ1n) is 14.1. The normalized spacial score (nSPS) is 11.9. The molecule has 4 aromatic carbocycles. The van der Waals surface area contributed by atoms with Gasteiger partial charge in [0.15, 0.2) is 0 Å². The fourth-order valence-electron chi connectivity index (χ4n) is 4.72. The summed E-state index contributed by atoms with van der Waals surface area (Å²) in [4.78, 5) is 29.4. The van der Waals surface area contributed by atoms with Gasteiger partial charge in [-0.05, 0) is 61.7 Å². The van der Waals surface area contributed by atoms with E-state index in [1.54, 1.807) is 36.4 Å². The minimum atomic E-state index is -4.18. The number of amides is 2. The average molecular weight is 618 g/mol. The van der Waals surface area contributed by atoms with Gasteiger partial charge in [-0.15, -0.1) is 0 Å². The molecule has 4 aromatic rings. The molecule has 2 amide bonds. The van der Waals surface area contributed by atoms with Crippen LogP contribution in [0.25, 0.3) is 0 Å². The van der Waals surface area contributed by atoms with Crippen molar-refractivity contribution >= 4 is 39.1 Å². The van der Waals surface area contributed by atoms with Gasteiger partial charge in [-0.2, -0.15) is 0 Å². The van der Waals surface area contributed by atoms with Crippen molar-refractivity contribution in [1.82, 2.24) is 10.2 Å². The minimum absolute atomic E-state index is 0.0362. The molecule has 0 aromatic heterocycles. The van der Waals surface area contributed by atoms with Gasteiger partial charge in [0.1, 0.15) is 12.6 Å². The van der Waals surface area contributed by atoms with Crippen LogP contribution in [-0.2, 0) is 32.6 Å². The van der Waals surface area contributed by atoms with E-state index in [1.807, 2.05) is 75.4 Å². The quantitative estimate of drug-likeness (QED) is 0.214. The number of sulfonamides is 1. The van der Waals surface area contributed by atoms with E-state index in [1.165, 1.54) is 17.0 Å². The molecule has 0 unspecified atom stereocenters. The van der Waals surface area contributed by atoms with Gasteiger partial charge in [0.05, 0.1) is 10.6 Å². The number of aryl methyl sites for hydroxylation is 2. The summed E-state index contributed by atoms with van der Waals surface area (Å²) in [6.07, 6.45) is 0.256. The molecule has 7 nitrogen and oxygen atoms in total. The third-order valence-corrected chi connectivity index (χ3v) is 9.34. The Hall–Kier alpha value is -4.14. The van der Waals surface area contributed by atoms with Crippen LogP contribution in [0.1, 0.15) is 29.2 Å². The van der Waals surface area contributed by atoms with Gasteiger partial charge < -0.3 is 10.2 Å². The lowest BCUT2D eigenvalue weighted by molar-refractivity contribution is -0.140. The van der Waals surface area contributed by atoms with E-state index in [0.717, 1.165) is 26.6 Å². The molecule has 0 aliphatic rings. The number of nitrogens with zero attached hydrogens (tertiary/aromatic N) is 2. The molecular formula is C34H36ClN3O4S. The lowest BCUT2D eigenvalue weighted by Gasteiger charge is -2.34. The molecule has 0 saturated heterocycles. The second-order valence-corrected chi connectivity index (χ2v) is 12.6. The van der Waals surface area contributed by atoms with Crippen molar-refractivity contribution in [1.29, 1.82) is 0 Å². The van der Waals surface area contributed by atoms with Crippen LogP contribution >= 0.6 is 11.6 Å². The van der Waals surface area contributed by atoms with E-state index in [2.05, 4.69) is 5.32 Å². The first-order valence-corrected chi connectivity index (χ1v) is 15.9. The first-order chi connectivity index (χ1) is 20.6. The molecule has 0 heterocycles. The van der Waals surface area contributed by atoms with E-state index in [9.17, 15) is 18.0 Å². The second kappa shape index (κ2) is 14.4. The van der Waals surface area contributed by atoms with Gasteiger partial charge in [-0.3, -0.25) is 13.9 Å². The van der Waals surface area contributed by atoms with Crippen LogP contribution in [0.5, 0.6) is 0 Å². The van der Waals surface area contributed by atoms with Crippen molar-refractivity contribution in [2.45, 2.75) is 44.7 Å². The largest absolute Gasteiger partial charge is 0.355 e. The van der Waals surface area contributed by atoms with Crippen molar-refractivity contribution in [2.24, 2.45) is 0 Å². The summed E-state index contributed by atoms with van der Waals surface area (Å²) in [6, 6.07) is 29.1. The predicted octanol–water partition coefficient (Wildman–Crippen LogP) is 5.93. The van der Waals surface area contributed by atoms with Gasteiger partial charge >= 0.3 is 0 Å². The number of likely N-dealkylation sites (N-methyl/N-ethyl adjacent to an activating group) is 1. The van der Waals surface area contributed by atoms with Crippen LogP contribution in [0.3, 0.4) is 0 Å². The number of halogens is 1. The molecule has 0 bridgehead atoms. The fraction of sp³-hybridized carbons (Fsp3) is 0.235. The van der Waals surface area contributed by atoms with Gasteiger partial charge in [-0.25, -0.2) is 8.42 Å². The van der Waals surface area contributed by atoms with Crippen LogP contribution in [-0.4, -0.2) is 44.3 Å². The average Bonchev–Trinajstić information content (AvgIpc) is 3.01. The van der Waals surface area contributed by atoms with Crippen molar-refractivity contribution < 1.29 is 18.0 Å².